The zero-order chi connectivity index (χ0) is 21.1. The molecule has 0 fully saturated rings. The lowest BCUT2D eigenvalue weighted by atomic mass is 10.2. The van der Waals surface area contributed by atoms with Crippen LogP contribution in [0.2, 0.25) is 5.02 Å². The Morgan fingerprint density at radius 2 is 1.93 bits per heavy atom. The van der Waals surface area contributed by atoms with Crippen LogP contribution in [0.3, 0.4) is 0 Å². The molecule has 0 aliphatic rings. The molecule has 0 unspecified atom stereocenters. The van der Waals surface area contributed by atoms with Crippen LogP contribution in [0.15, 0.2) is 60.9 Å². The van der Waals surface area contributed by atoms with Crippen LogP contribution in [-0.2, 0) is 11.3 Å². The Labute approximate surface area is 183 Å². The van der Waals surface area contributed by atoms with Crippen LogP contribution in [0.5, 0.6) is 5.75 Å². The summed E-state index contributed by atoms with van der Waals surface area (Å²) in [5.74, 6) is 0.476. The molecular formula is C23H20ClN3O2S. The monoisotopic (exact) mass is 437 g/mol. The predicted molar refractivity (Wildman–Crippen MR) is 121 cm³/mol. The highest BCUT2D eigenvalue weighted by molar-refractivity contribution is 7.22. The average molecular weight is 438 g/mol. The van der Waals surface area contributed by atoms with Gasteiger partial charge < -0.3 is 4.74 Å². The van der Waals surface area contributed by atoms with Gasteiger partial charge in [-0.1, -0.05) is 46.7 Å². The Hall–Kier alpha value is -2.96. The lowest BCUT2D eigenvalue weighted by Gasteiger charge is -2.20. The van der Waals surface area contributed by atoms with E-state index in [4.69, 9.17) is 21.3 Å². The summed E-state index contributed by atoms with van der Waals surface area (Å²) in [6.07, 6.45) is 3.45. The molecule has 0 atom stereocenters. The van der Waals surface area contributed by atoms with Gasteiger partial charge in [-0.05, 0) is 55.3 Å². The van der Waals surface area contributed by atoms with Crippen molar-refractivity contribution in [2.24, 2.45) is 0 Å². The fraction of sp³-hybridized carbons (Fsp3) is 0.174. The summed E-state index contributed by atoms with van der Waals surface area (Å²) in [7, 11) is 0. The largest absolute Gasteiger partial charge is 0.484 e. The Bertz CT molecular complexity index is 1180. The number of halogens is 1. The number of pyridine rings is 1. The van der Waals surface area contributed by atoms with Crippen molar-refractivity contribution in [3.8, 4) is 5.75 Å². The van der Waals surface area contributed by atoms with E-state index in [-0.39, 0.29) is 12.5 Å². The number of benzene rings is 2. The van der Waals surface area contributed by atoms with Crippen molar-refractivity contribution < 1.29 is 9.53 Å². The fourth-order valence-corrected chi connectivity index (χ4v) is 4.19. The van der Waals surface area contributed by atoms with Crippen LogP contribution < -0.4 is 9.64 Å². The van der Waals surface area contributed by atoms with Gasteiger partial charge in [0, 0.05) is 17.4 Å². The highest BCUT2D eigenvalue weighted by Gasteiger charge is 2.22. The maximum absolute atomic E-state index is 13.1. The molecular weight excluding hydrogens is 418 g/mol. The van der Waals surface area contributed by atoms with E-state index in [1.165, 1.54) is 11.3 Å². The number of ether oxygens (including phenoxy) is 1. The van der Waals surface area contributed by atoms with Gasteiger partial charge in [-0.3, -0.25) is 14.7 Å². The molecule has 2 aromatic heterocycles. The van der Waals surface area contributed by atoms with Gasteiger partial charge in [0.1, 0.15) is 5.75 Å². The SMILES string of the molecule is Cc1ccc(OCC(=O)N(Cc2cccnc2)c2nc3c(C)c(Cl)ccc3s2)cc1. The van der Waals surface area contributed by atoms with Gasteiger partial charge in [-0.2, -0.15) is 0 Å². The van der Waals surface area contributed by atoms with Crippen LogP contribution in [-0.4, -0.2) is 22.5 Å². The zero-order valence-corrected chi connectivity index (χ0v) is 18.2. The molecule has 4 aromatic rings. The van der Waals surface area contributed by atoms with Crippen LogP contribution in [0.4, 0.5) is 5.13 Å². The van der Waals surface area contributed by atoms with Crippen LogP contribution in [0, 0.1) is 13.8 Å². The predicted octanol–water partition coefficient (Wildman–Crippen LogP) is 5.57. The maximum Gasteiger partial charge on any atom is 0.267 e. The molecule has 2 heterocycles. The molecule has 4 rings (SSSR count). The number of rotatable bonds is 6. The third-order valence-corrected chi connectivity index (χ3v) is 6.17. The third-order valence-electron chi connectivity index (χ3n) is 4.72. The van der Waals surface area contributed by atoms with Crippen molar-refractivity contribution in [3.63, 3.8) is 0 Å². The van der Waals surface area contributed by atoms with Gasteiger partial charge >= 0.3 is 0 Å². The van der Waals surface area contributed by atoms with Gasteiger partial charge in [-0.25, -0.2) is 4.98 Å². The van der Waals surface area contributed by atoms with Crippen molar-refractivity contribution in [3.05, 3.63) is 82.6 Å². The molecule has 0 saturated heterocycles. The number of aromatic nitrogens is 2. The number of hydrogen-bond acceptors (Lipinski definition) is 5. The smallest absolute Gasteiger partial charge is 0.267 e. The average Bonchev–Trinajstić information content (AvgIpc) is 3.19. The second kappa shape index (κ2) is 8.81. The van der Waals surface area contributed by atoms with E-state index in [1.54, 1.807) is 17.3 Å². The molecule has 0 aliphatic heterocycles. The molecule has 0 bridgehead atoms. The number of aryl methyl sites for hydroxylation is 2. The first-order valence-electron chi connectivity index (χ1n) is 9.45. The molecule has 7 heteroatoms. The number of hydrogen-bond donors (Lipinski definition) is 0. The standard InChI is InChI=1S/C23H20ClN3O2S/c1-15-5-7-18(8-6-15)29-14-21(28)27(13-17-4-3-11-25-12-17)23-26-22-16(2)19(24)9-10-20(22)30-23/h3-12H,13-14H2,1-2H3. The third kappa shape index (κ3) is 4.45. The summed E-state index contributed by atoms with van der Waals surface area (Å²) in [6, 6.07) is 15.2. The summed E-state index contributed by atoms with van der Waals surface area (Å²) < 4.78 is 6.71. The second-order valence-corrected chi connectivity index (χ2v) is 8.37. The van der Waals surface area contributed by atoms with Gasteiger partial charge in [0.15, 0.2) is 11.7 Å². The first kappa shape index (κ1) is 20.3. The van der Waals surface area contributed by atoms with E-state index in [1.807, 2.05) is 62.4 Å². The number of carbonyl (C=O) groups is 1. The second-order valence-electron chi connectivity index (χ2n) is 6.96. The lowest BCUT2D eigenvalue weighted by Crippen LogP contribution is -2.34. The summed E-state index contributed by atoms with van der Waals surface area (Å²) in [4.78, 5) is 23.7. The molecule has 0 spiro atoms. The van der Waals surface area contributed by atoms with E-state index >= 15 is 0 Å². The van der Waals surface area contributed by atoms with E-state index in [2.05, 4.69) is 4.98 Å². The topological polar surface area (TPSA) is 55.3 Å². The van der Waals surface area contributed by atoms with Gasteiger partial charge in [0.05, 0.1) is 16.8 Å². The number of carbonyl (C=O) groups excluding carboxylic acids is 1. The van der Waals surface area contributed by atoms with Crippen molar-refractivity contribution in [2.45, 2.75) is 20.4 Å². The van der Waals surface area contributed by atoms with Gasteiger partial charge in [0.2, 0.25) is 0 Å². The molecule has 30 heavy (non-hydrogen) atoms. The van der Waals surface area contributed by atoms with Crippen LogP contribution in [0.25, 0.3) is 10.2 Å². The van der Waals surface area contributed by atoms with Crippen molar-refractivity contribution in [2.75, 3.05) is 11.5 Å². The normalized spacial score (nSPS) is 10.9. The van der Waals surface area contributed by atoms with Crippen molar-refractivity contribution in [1.82, 2.24) is 9.97 Å². The minimum Gasteiger partial charge on any atom is -0.484 e. The number of thiazole rings is 1. The quantitative estimate of drug-likeness (QED) is 0.395. The number of anilines is 1. The summed E-state index contributed by atoms with van der Waals surface area (Å²) >= 11 is 7.71. The number of amides is 1. The van der Waals surface area contributed by atoms with E-state index in [0.717, 1.165) is 26.9 Å². The van der Waals surface area contributed by atoms with Crippen LogP contribution >= 0.6 is 22.9 Å². The minimum atomic E-state index is -0.178. The molecule has 152 valence electrons. The highest BCUT2D eigenvalue weighted by atomic mass is 35.5. The molecule has 1 amide bonds. The Balaban J connectivity index is 1.63. The molecule has 2 aromatic carbocycles. The summed E-state index contributed by atoms with van der Waals surface area (Å²) in [5, 5.41) is 1.27. The van der Waals surface area contributed by atoms with E-state index in [9.17, 15) is 4.79 Å². The maximum atomic E-state index is 13.1. The van der Waals surface area contributed by atoms with Crippen molar-refractivity contribution in [1.29, 1.82) is 0 Å². The Morgan fingerprint density at radius 3 is 2.67 bits per heavy atom. The van der Waals surface area contributed by atoms with Gasteiger partial charge in [-0.15, -0.1) is 0 Å². The fourth-order valence-electron chi connectivity index (χ4n) is 3.00. The number of nitrogens with zero attached hydrogens (tertiary/aromatic N) is 3. The van der Waals surface area contributed by atoms with Crippen LogP contribution in [0.1, 0.15) is 16.7 Å². The van der Waals surface area contributed by atoms with E-state index in [0.29, 0.717) is 22.4 Å². The molecule has 0 saturated carbocycles. The first-order chi connectivity index (χ1) is 14.5. The lowest BCUT2D eigenvalue weighted by molar-refractivity contribution is -0.120. The summed E-state index contributed by atoms with van der Waals surface area (Å²) in [5.41, 5.74) is 3.76. The Kier molecular flexibility index (Phi) is 5.97. The van der Waals surface area contributed by atoms with E-state index < -0.39 is 0 Å². The first-order valence-corrected chi connectivity index (χ1v) is 10.6. The highest BCUT2D eigenvalue weighted by Crippen LogP contribution is 2.34. The zero-order valence-electron chi connectivity index (χ0n) is 16.6. The number of fused-ring (bicyclic) bond motifs is 1. The van der Waals surface area contributed by atoms with Gasteiger partial charge in [0.25, 0.3) is 5.91 Å². The minimum absolute atomic E-state index is 0.0843. The summed E-state index contributed by atoms with van der Waals surface area (Å²) in [6.45, 7) is 4.21. The molecule has 0 aliphatic carbocycles. The Morgan fingerprint density at radius 1 is 1.13 bits per heavy atom. The molecule has 0 radical (unpaired) electrons. The van der Waals surface area contributed by atoms with Crippen molar-refractivity contribution >= 4 is 44.2 Å². The molecule has 5 nitrogen and oxygen atoms in total. The molecule has 0 N–H and O–H groups in total.